The molecule has 1 amide bonds. The monoisotopic (exact) mass is 326 g/mol. The van der Waals surface area contributed by atoms with E-state index in [1.54, 1.807) is 0 Å². The molecule has 1 aliphatic rings. The van der Waals surface area contributed by atoms with Crippen molar-refractivity contribution in [1.82, 2.24) is 5.32 Å². The van der Waals surface area contributed by atoms with Crippen molar-refractivity contribution in [3.8, 4) is 0 Å². The molecule has 1 aromatic rings. The molecule has 0 aliphatic carbocycles. The van der Waals surface area contributed by atoms with Crippen LogP contribution in [0.4, 0.5) is 0 Å². The summed E-state index contributed by atoms with van der Waals surface area (Å²) in [4.78, 5) is 12.5. The maximum atomic E-state index is 12.5. The highest BCUT2D eigenvalue weighted by Gasteiger charge is 2.38. The lowest BCUT2D eigenvalue weighted by Crippen LogP contribution is -2.49. The second-order valence-electron chi connectivity index (χ2n) is 6.12. The first kappa shape index (κ1) is 18.9. The second kappa shape index (κ2) is 8.51. The number of nitrogens with one attached hydrogen (secondary N) is 1. The van der Waals surface area contributed by atoms with Crippen molar-refractivity contribution < 1.29 is 9.53 Å². The van der Waals surface area contributed by atoms with Crippen LogP contribution in [0.1, 0.15) is 36.8 Å². The van der Waals surface area contributed by atoms with Crippen LogP contribution >= 0.6 is 12.4 Å². The molecule has 1 heterocycles. The van der Waals surface area contributed by atoms with E-state index in [0.29, 0.717) is 45.1 Å². The summed E-state index contributed by atoms with van der Waals surface area (Å²) in [5.74, 6) is 0.372. The van der Waals surface area contributed by atoms with Crippen LogP contribution in [0.25, 0.3) is 0 Å². The normalized spacial score (nSPS) is 18.1. The fourth-order valence-electron chi connectivity index (χ4n) is 2.73. The molecule has 0 radical (unpaired) electrons. The highest BCUT2D eigenvalue weighted by atomic mass is 35.5. The van der Waals surface area contributed by atoms with Gasteiger partial charge in [-0.2, -0.15) is 0 Å². The first-order chi connectivity index (χ1) is 10.1. The van der Waals surface area contributed by atoms with Crippen LogP contribution in [0.2, 0.25) is 0 Å². The molecule has 1 aliphatic heterocycles. The third kappa shape index (κ3) is 4.45. The van der Waals surface area contributed by atoms with E-state index >= 15 is 0 Å². The lowest BCUT2D eigenvalue weighted by molar-refractivity contribution is -0.135. The number of carbonyl (C=O) groups excluding carboxylic acids is 1. The maximum Gasteiger partial charge on any atom is 0.227 e. The largest absolute Gasteiger partial charge is 0.381 e. The van der Waals surface area contributed by atoms with Gasteiger partial charge in [-0.25, -0.2) is 0 Å². The summed E-state index contributed by atoms with van der Waals surface area (Å²) in [5.41, 5.74) is 7.91. The Morgan fingerprint density at radius 3 is 2.45 bits per heavy atom. The van der Waals surface area contributed by atoms with E-state index in [2.05, 4.69) is 43.4 Å². The molecule has 0 saturated carbocycles. The number of carbonyl (C=O) groups is 1. The van der Waals surface area contributed by atoms with Gasteiger partial charge in [0.15, 0.2) is 0 Å². The molecule has 1 fully saturated rings. The molecule has 4 nitrogen and oxygen atoms in total. The molecular weight excluding hydrogens is 300 g/mol. The van der Waals surface area contributed by atoms with Crippen molar-refractivity contribution >= 4 is 18.3 Å². The number of rotatable bonds is 5. The molecule has 1 saturated heterocycles. The quantitative estimate of drug-likeness (QED) is 0.873. The number of halogens is 1. The van der Waals surface area contributed by atoms with Crippen LogP contribution in [0, 0.1) is 12.3 Å². The molecule has 124 valence electrons. The Labute approximate surface area is 139 Å². The molecule has 0 bridgehead atoms. The summed E-state index contributed by atoms with van der Waals surface area (Å²) in [6.45, 7) is 6.48. The molecule has 1 aromatic carbocycles. The molecule has 1 atom stereocenters. The fraction of sp³-hybridized carbons (Fsp3) is 0.588. The Hall–Kier alpha value is -1.10. The van der Waals surface area contributed by atoms with Crippen molar-refractivity contribution in [1.29, 1.82) is 0 Å². The molecular formula is C17H27ClN2O2. The Kier molecular flexibility index (Phi) is 7.33. The fourth-order valence-corrected chi connectivity index (χ4v) is 2.73. The Morgan fingerprint density at radius 1 is 1.32 bits per heavy atom. The van der Waals surface area contributed by atoms with Gasteiger partial charge in [0.1, 0.15) is 0 Å². The molecule has 0 aromatic heterocycles. The maximum absolute atomic E-state index is 12.5. The van der Waals surface area contributed by atoms with E-state index in [9.17, 15) is 4.79 Å². The standard InChI is InChI=1S/C17H26N2O2.ClH/c1-13-3-5-15(6-4-13)14(2)11-19-16(20)17(12-18)7-9-21-10-8-17;/h3-6,14H,7-12,18H2,1-2H3,(H,19,20);1H. The number of aryl methyl sites for hydroxylation is 1. The first-order valence-electron chi connectivity index (χ1n) is 7.70. The summed E-state index contributed by atoms with van der Waals surface area (Å²) < 4.78 is 5.35. The van der Waals surface area contributed by atoms with Crippen molar-refractivity contribution in [3.05, 3.63) is 35.4 Å². The number of amides is 1. The van der Waals surface area contributed by atoms with Crippen LogP contribution in [0.3, 0.4) is 0 Å². The number of ether oxygens (including phenoxy) is 1. The van der Waals surface area contributed by atoms with Crippen LogP contribution in [0.15, 0.2) is 24.3 Å². The van der Waals surface area contributed by atoms with Gasteiger partial charge in [-0.3, -0.25) is 4.79 Å². The summed E-state index contributed by atoms with van der Waals surface area (Å²) >= 11 is 0. The summed E-state index contributed by atoms with van der Waals surface area (Å²) in [6.07, 6.45) is 1.43. The number of nitrogens with two attached hydrogens (primary N) is 1. The predicted molar refractivity (Wildman–Crippen MR) is 91.4 cm³/mol. The van der Waals surface area contributed by atoms with Crippen molar-refractivity contribution in [2.75, 3.05) is 26.3 Å². The summed E-state index contributed by atoms with van der Waals surface area (Å²) in [6, 6.07) is 8.46. The minimum Gasteiger partial charge on any atom is -0.381 e. The number of hydrogen-bond donors (Lipinski definition) is 2. The lowest BCUT2D eigenvalue weighted by Gasteiger charge is -2.34. The number of hydrogen-bond acceptors (Lipinski definition) is 3. The molecule has 3 N–H and O–H groups in total. The third-order valence-electron chi connectivity index (χ3n) is 4.54. The Balaban J connectivity index is 0.00000242. The third-order valence-corrected chi connectivity index (χ3v) is 4.54. The second-order valence-corrected chi connectivity index (χ2v) is 6.12. The van der Waals surface area contributed by atoms with E-state index in [1.807, 2.05) is 0 Å². The van der Waals surface area contributed by atoms with Gasteiger partial charge in [0.25, 0.3) is 0 Å². The van der Waals surface area contributed by atoms with Crippen molar-refractivity contribution in [2.45, 2.75) is 32.6 Å². The SMILES string of the molecule is Cc1ccc(C(C)CNC(=O)C2(CN)CCOCC2)cc1.Cl. The van der Waals surface area contributed by atoms with Gasteiger partial charge in [-0.1, -0.05) is 36.8 Å². The first-order valence-corrected chi connectivity index (χ1v) is 7.70. The average Bonchev–Trinajstić information content (AvgIpc) is 2.53. The summed E-state index contributed by atoms with van der Waals surface area (Å²) in [7, 11) is 0. The molecule has 1 unspecified atom stereocenters. The minimum atomic E-state index is -0.439. The van der Waals surface area contributed by atoms with Crippen LogP contribution in [-0.2, 0) is 9.53 Å². The van der Waals surface area contributed by atoms with Crippen LogP contribution in [-0.4, -0.2) is 32.2 Å². The van der Waals surface area contributed by atoms with Gasteiger partial charge in [0.05, 0.1) is 5.41 Å². The average molecular weight is 327 g/mol. The van der Waals surface area contributed by atoms with Gasteiger partial charge in [0.2, 0.25) is 5.91 Å². The molecule has 22 heavy (non-hydrogen) atoms. The zero-order chi connectivity index (χ0) is 15.3. The van der Waals surface area contributed by atoms with Crippen molar-refractivity contribution in [2.24, 2.45) is 11.1 Å². The highest BCUT2D eigenvalue weighted by Crippen LogP contribution is 2.29. The van der Waals surface area contributed by atoms with E-state index in [4.69, 9.17) is 10.5 Å². The van der Waals surface area contributed by atoms with E-state index in [0.717, 1.165) is 0 Å². The summed E-state index contributed by atoms with van der Waals surface area (Å²) in [5, 5.41) is 3.08. The van der Waals surface area contributed by atoms with Gasteiger partial charge in [-0.15, -0.1) is 12.4 Å². The smallest absolute Gasteiger partial charge is 0.227 e. The topological polar surface area (TPSA) is 64.4 Å². The van der Waals surface area contributed by atoms with Gasteiger partial charge in [0, 0.05) is 26.3 Å². The van der Waals surface area contributed by atoms with E-state index < -0.39 is 5.41 Å². The highest BCUT2D eigenvalue weighted by molar-refractivity contribution is 5.85. The predicted octanol–water partition coefficient (Wildman–Crippen LogP) is 2.39. The zero-order valence-electron chi connectivity index (χ0n) is 13.4. The Bertz CT molecular complexity index is 470. The number of benzene rings is 1. The van der Waals surface area contributed by atoms with Gasteiger partial charge < -0.3 is 15.8 Å². The van der Waals surface area contributed by atoms with Gasteiger partial charge >= 0.3 is 0 Å². The Morgan fingerprint density at radius 2 is 1.91 bits per heavy atom. The van der Waals surface area contributed by atoms with Crippen LogP contribution in [0.5, 0.6) is 0 Å². The van der Waals surface area contributed by atoms with Gasteiger partial charge in [-0.05, 0) is 31.2 Å². The van der Waals surface area contributed by atoms with E-state index in [1.165, 1.54) is 11.1 Å². The minimum absolute atomic E-state index is 0. The molecule has 0 spiro atoms. The van der Waals surface area contributed by atoms with E-state index in [-0.39, 0.29) is 18.3 Å². The van der Waals surface area contributed by atoms with Crippen LogP contribution < -0.4 is 11.1 Å². The lowest BCUT2D eigenvalue weighted by atomic mass is 9.79. The molecule has 2 rings (SSSR count). The van der Waals surface area contributed by atoms with Crippen molar-refractivity contribution in [3.63, 3.8) is 0 Å². The zero-order valence-corrected chi connectivity index (χ0v) is 14.2. The molecule has 5 heteroatoms.